The lowest BCUT2D eigenvalue weighted by molar-refractivity contribution is 1.32. The van der Waals surface area contributed by atoms with Gasteiger partial charge in [-0.2, -0.15) is 5.26 Å². The van der Waals surface area contributed by atoms with Crippen LogP contribution in [0.4, 0.5) is 0 Å². The predicted molar refractivity (Wildman–Crippen MR) is 66.8 cm³/mol. The molecule has 0 radical (unpaired) electrons. The minimum Gasteiger partial charge on any atom is -0.264 e. The largest absolute Gasteiger partial charge is 0.264 e. The zero-order valence-corrected chi connectivity index (χ0v) is 9.79. The van der Waals surface area contributed by atoms with Crippen molar-refractivity contribution >= 4 is 33.5 Å². The lowest BCUT2D eigenvalue weighted by Gasteiger charge is -2.01. The Kier molecular flexibility index (Phi) is 3.35. The van der Waals surface area contributed by atoms with Crippen LogP contribution in [0, 0.1) is 11.3 Å². The monoisotopic (exact) mass is 246 g/mol. The van der Waals surface area contributed by atoms with Gasteiger partial charge in [-0.25, -0.2) is 0 Å². The molecule has 2 aromatic heterocycles. The highest BCUT2D eigenvalue weighted by Gasteiger charge is 2.09. The molecule has 2 aromatic rings. The van der Waals surface area contributed by atoms with Crippen molar-refractivity contribution in [1.82, 2.24) is 4.98 Å². The van der Waals surface area contributed by atoms with Gasteiger partial charge in [-0.05, 0) is 17.5 Å². The zero-order chi connectivity index (χ0) is 11.4. The highest BCUT2D eigenvalue weighted by Crippen LogP contribution is 2.30. The van der Waals surface area contributed by atoms with Crippen LogP contribution in [0.1, 0.15) is 10.4 Å². The highest BCUT2D eigenvalue weighted by atomic mass is 35.5. The van der Waals surface area contributed by atoms with E-state index in [0.717, 1.165) is 10.4 Å². The maximum absolute atomic E-state index is 9.12. The smallest absolute Gasteiger partial charge is 0.102 e. The molecule has 78 valence electrons. The number of halogens is 1. The van der Waals surface area contributed by atoms with Crippen molar-refractivity contribution in [3.05, 3.63) is 52.5 Å². The third-order valence-corrected chi connectivity index (χ3v) is 3.31. The average molecular weight is 247 g/mol. The number of aromatic nitrogens is 1. The molecule has 0 bridgehead atoms. The van der Waals surface area contributed by atoms with Crippen LogP contribution in [0.3, 0.4) is 0 Å². The van der Waals surface area contributed by atoms with Crippen molar-refractivity contribution in [2.45, 2.75) is 0 Å². The number of hydrogen-bond acceptors (Lipinski definition) is 3. The first-order chi connectivity index (χ1) is 7.83. The van der Waals surface area contributed by atoms with E-state index in [9.17, 15) is 0 Å². The fourth-order valence-electron chi connectivity index (χ4n) is 1.27. The van der Waals surface area contributed by atoms with Gasteiger partial charge in [-0.1, -0.05) is 23.7 Å². The molecular formula is C12H7ClN2S. The van der Waals surface area contributed by atoms with Crippen LogP contribution in [0.15, 0.2) is 42.0 Å². The van der Waals surface area contributed by atoms with E-state index >= 15 is 0 Å². The number of nitriles is 1. The van der Waals surface area contributed by atoms with Crippen molar-refractivity contribution in [3.8, 4) is 6.07 Å². The maximum atomic E-state index is 9.12. The molecule has 0 saturated heterocycles. The Labute approximate surface area is 102 Å². The highest BCUT2D eigenvalue weighted by molar-refractivity contribution is 7.11. The Morgan fingerprint density at radius 3 is 2.81 bits per heavy atom. The molecule has 4 heteroatoms. The first kappa shape index (κ1) is 10.9. The fraction of sp³-hybridized carbons (Fsp3) is 0. The van der Waals surface area contributed by atoms with Crippen LogP contribution in [0.25, 0.3) is 10.6 Å². The van der Waals surface area contributed by atoms with E-state index in [0.29, 0.717) is 10.6 Å². The lowest BCUT2D eigenvalue weighted by atomic mass is 10.1. The lowest BCUT2D eigenvalue weighted by Crippen LogP contribution is -1.83. The number of allylic oxidation sites excluding steroid dienone is 1. The molecule has 0 aromatic carbocycles. The summed E-state index contributed by atoms with van der Waals surface area (Å²) < 4.78 is 0. The van der Waals surface area contributed by atoms with Gasteiger partial charge in [0.1, 0.15) is 6.07 Å². The molecule has 0 amide bonds. The van der Waals surface area contributed by atoms with Crippen LogP contribution in [0.5, 0.6) is 0 Å². The van der Waals surface area contributed by atoms with Crippen LogP contribution in [0.2, 0.25) is 0 Å². The van der Waals surface area contributed by atoms with E-state index in [4.69, 9.17) is 16.9 Å². The fourth-order valence-corrected chi connectivity index (χ4v) is 2.31. The van der Waals surface area contributed by atoms with E-state index in [2.05, 4.69) is 11.1 Å². The van der Waals surface area contributed by atoms with Crippen molar-refractivity contribution in [2.75, 3.05) is 0 Å². The molecule has 2 nitrogen and oxygen atoms in total. The first-order valence-electron chi connectivity index (χ1n) is 4.57. The number of pyridine rings is 1. The van der Waals surface area contributed by atoms with Crippen molar-refractivity contribution in [3.63, 3.8) is 0 Å². The minimum absolute atomic E-state index is 0.443. The van der Waals surface area contributed by atoms with Crippen LogP contribution >= 0.6 is 22.9 Å². The van der Waals surface area contributed by atoms with Gasteiger partial charge >= 0.3 is 0 Å². The molecule has 0 aliphatic rings. The summed E-state index contributed by atoms with van der Waals surface area (Å²) in [5, 5.41) is 11.5. The molecule has 2 rings (SSSR count). The van der Waals surface area contributed by atoms with Crippen molar-refractivity contribution < 1.29 is 0 Å². The summed E-state index contributed by atoms with van der Waals surface area (Å²) >= 11 is 7.68. The standard InChI is InChI=1S/C12H7ClN2S/c13-12(9-3-1-5-15-8-9)10(7-14)11-4-2-6-16-11/h1-6,8H. The topological polar surface area (TPSA) is 36.7 Å². The summed E-state index contributed by atoms with van der Waals surface area (Å²) in [7, 11) is 0. The van der Waals surface area contributed by atoms with E-state index in [1.54, 1.807) is 18.5 Å². The Hall–Kier alpha value is -1.63. The van der Waals surface area contributed by atoms with Gasteiger partial charge < -0.3 is 0 Å². The third kappa shape index (κ3) is 2.13. The number of nitrogens with zero attached hydrogens (tertiary/aromatic N) is 2. The number of rotatable bonds is 2. The molecule has 0 aliphatic carbocycles. The van der Waals surface area contributed by atoms with E-state index < -0.39 is 0 Å². The summed E-state index contributed by atoms with van der Waals surface area (Å²) in [4.78, 5) is 4.85. The second-order valence-electron chi connectivity index (χ2n) is 3.02. The predicted octanol–water partition coefficient (Wildman–Crippen LogP) is 3.77. The molecule has 0 aliphatic heterocycles. The Morgan fingerprint density at radius 2 is 2.25 bits per heavy atom. The maximum Gasteiger partial charge on any atom is 0.102 e. The molecule has 0 saturated carbocycles. The Bertz CT molecular complexity index is 538. The van der Waals surface area contributed by atoms with Gasteiger partial charge in [0.05, 0.1) is 10.6 Å². The zero-order valence-electron chi connectivity index (χ0n) is 8.22. The van der Waals surface area contributed by atoms with Gasteiger partial charge in [0.2, 0.25) is 0 Å². The average Bonchev–Trinajstić information content (AvgIpc) is 2.85. The second-order valence-corrected chi connectivity index (χ2v) is 4.35. The third-order valence-electron chi connectivity index (χ3n) is 2.01. The van der Waals surface area contributed by atoms with Crippen LogP contribution < -0.4 is 0 Å². The molecule has 0 fully saturated rings. The summed E-state index contributed by atoms with van der Waals surface area (Å²) in [6, 6.07) is 9.53. The molecular weight excluding hydrogens is 240 g/mol. The molecule has 16 heavy (non-hydrogen) atoms. The SMILES string of the molecule is N#CC(=C(Cl)c1cccnc1)c1cccs1. The van der Waals surface area contributed by atoms with Gasteiger partial charge in [0.25, 0.3) is 0 Å². The number of thiophene rings is 1. The summed E-state index contributed by atoms with van der Waals surface area (Å²) in [6.07, 6.45) is 3.32. The Balaban J connectivity index is 2.52. The summed E-state index contributed by atoms with van der Waals surface area (Å²) in [5.74, 6) is 0. The van der Waals surface area contributed by atoms with Crippen LogP contribution in [-0.2, 0) is 0 Å². The molecule has 0 N–H and O–H groups in total. The molecule has 0 unspecified atom stereocenters. The van der Waals surface area contributed by atoms with E-state index in [-0.39, 0.29) is 0 Å². The normalized spacial score (nSPS) is 11.8. The first-order valence-corrected chi connectivity index (χ1v) is 5.83. The van der Waals surface area contributed by atoms with Gasteiger partial charge in [0, 0.05) is 22.8 Å². The summed E-state index contributed by atoms with van der Waals surface area (Å²) in [6.45, 7) is 0. The van der Waals surface area contributed by atoms with Gasteiger partial charge in [-0.15, -0.1) is 11.3 Å². The van der Waals surface area contributed by atoms with Gasteiger partial charge in [0.15, 0.2) is 0 Å². The van der Waals surface area contributed by atoms with E-state index in [1.165, 1.54) is 11.3 Å². The van der Waals surface area contributed by atoms with E-state index in [1.807, 2.05) is 23.6 Å². The van der Waals surface area contributed by atoms with Gasteiger partial charge in [-0.3, -0.25) is 4.98 Å². The summed E-state index contributed by atoms with van der Waals surface area (Å²) in [5.41, 5.74) is 1.25. The Morgan fingerprint density at radius 1 is 1.38 bits per heavy atom. The molecule has 2 heterocycles. The minimum atomic E-state index is 0.443. The van der Waals surface area contributed by atoms with Crippen molar-refractivity contribution in [1.29, 1.82) is 5.26 Å². The molecule has 0 atom stereocenters. The quantitative estimate of drug-likeness (QED) is 0.757. The second kappa shape index (κ2) is 4.93. The molecule has 0 spiro atoms. The van der Waals surface area contributed by atoms with Crippen molar-refractivity contribution in [2.24, 2.45) is 0 Å². The number of hydrogen-bond donors (Lipinski definition) is 0. The van der Waals surface area contributed by atoms with Crippen LogP contribution in [-0.4, -0.2) is 4.98 Å².